The fourth-order valence-electron chi connectivity index (χ4n) is 1.86. The second-order valence-corrected chi connectivity index (χ2v) is 4.94. The van der Waals surface area contributed by atoms with Gasteiger partial charge in [0.25, 0.3) is 0 Å². The van der Waals surface area contributed by atoms with E-state index in [0.717, 1.165) is 23.7 Å². The van der Waals surface area contributed by atoms with E-state index in [1.165, 1.54) is 18.4 Å². The number of carbonyl (C=O) groups excluding carboxylic acids is 1. The summed E-state index contributed by atoms with van der Waals surface area (Å²) in [7, 11) is 0. The Morgan fingerprint density at radius 1 is 1.33 bits per heavy atom. The number of benzene rings is 1. The minimum atomic E-state index is 0. The third-order valence-electron chi connectivity index (χ3n) is 3.07. The topological polar surface area (TPSA) is 41.1 Å². The van der Waals surface area contributed by atoms with Gasteiger partial charge >= 0.3 is 0 Å². The van der Waals surface area contributed by atoms with Gasteiger partial charge in [0.2, 0.25) is 5.91 Å². The number of rotatable bonds is 5. The zero-order valence-corrected chi connectivity index (χ0v) is 11.8. The highest BCUT2D eigenvalue weighted by Crippen LogP contribution is 2.27. The number of anilines is 1. The molecule has 4 heteroatoms. The van der Waals surface area contributed by atoms with Gasteiger partial charge in [0.15, 0.2) is 0 Å². The highest BCUT2D eigenvalue weighted by Gasteiger charge is 2.20. The molecule has 1 aromatic rings. The molecule has 2 N–H and O–H groups in total. The van der Waals surface area contributed by atoms with Crippen LogP contribution in [0.3, 0.4) is 0 Å². The largest absolute Gasteiger partial charge is 0.325 e. The summed E-state index contributed by atoms with van der Waals surface area (Å²) in [5, 5.41) is 6.12. The molecule has 0 saturated heterocycles. The van der Waals surface area contributed by atoms with Gasteiger partial charge in [0.1, 0.15) is 0 Å². The van der Waals surface area contributed by atoms with Crippen LogP contribution in [0, 0.1) is 19.8 Å². The molecular formula is C14H21ClN2O. The molecule has 1 aliphatic carbocycles. The van der Waals surface area contributed by atoms with Crippen LogP contribution in [0.4, 0.5) is 5.69 Å². The molecule has 0 atom stereocenters. The Morgan fingerprint density at radius 2 is 2.06 bits per heavy atom. The second kappa shape index (κ2) is 6.76. The minimum Gasteiger partial charge on any atom is -0.325 e. The molecule has 1 fully saturated rings. The molecule has 2 rings (SSSR count). The van der Waals surface area contributed by atoms with Gasteiger partial charge in [-0.25, -0.2) is 0 Å². The van der Waals surface area contributed by atoms with E-state index in [1.54, 1.807) is 0 Å². The van der Waals surface area contributed by atoms with Crippen LogP contribution in [0.5, 0.6) is 0 Å². The summed E-state index contributed by atoms with van der Waals surface area (Å²) < 4.78 is 0. The first kappa shape index (κ1) is 15.0. The summed E-state index contributed by atoms with van der Waals surface area (Å²) >= 11 is 0. The fourth-order valence-corrected chi connectivity index (χ4v) is 1.86. The van der Waals surface area contributed by atoms with E-state index in [1.807, 2.05) is 19.1 Å². The summed E-state index contributed by atoms with van der Waals surface area (Å²) in [6, 6.07) is 6.05. The van der Waals surface area contributed by atoms with E-state index in [2.05, 4.69) is 23.6 Å². The molecule has 1 aromatic carbocycles. The van der Waals surface area contributed by atoms with E-state index >= 15 is 0 Å². The summed E-state index contributed by atoms with van der Waals surface area (Å²) in [5.74, 6) is 0.849. The minimum absolute atomic E-state index is 0. The quantitative estimate of drug-likeness (QED) is 0.862. The predicted molar refractivity (Wildman–Crippen MR) is 77.4 cm³/mol. The molecule has 0 heterocycles. The fraction of sp³-hybridized carbons (Fsp3) is 0.500. The summed E-state index contributed by atoms with van der Waals surface area (Å²) in [5.41, 5.74) is 3.24. The number of hydrogen-bond acceptors (Lipinski definition) is 2. The van der Waals surface area contributed by atoms with Crippen molar-refractivity contribution < 1.29 is 4.79 Å². The zero-order valence-electron chi connectivity index (χ0n) is 11.0. The van der Waals surface area contributed by atoms with Crippen LogP contribution >= 0.6 is 12.4 Å². The number of amides is 1. The molecule has 0 bridgehead atoms. The summed E-state index contributed by atoms with van der Waals surface area (Å²) in [6.45, 7) is 5.44. The Labute approximate surface area is 115 Å². The molecule has 100 valence electrons. The number of nitrogens with one attached hydrogen (secondary N) is 2. The molecule has 3 nitrogen and oxygen atoms in total. The van der Waals surface area contributed by atoms with E-state index in [-0.39, 0.29) is 18.3 Å². The normalized spacial score (nSPS) is 13.9. The number of halogens is 1. The lowest BCUT2D eigenvalue weighted by Crippen LogP contribution is -2.29. The molecule has 1 amide bonds. The molecule has 0 aromatic heterocycles. The zero-order chi connectivity index (χ0) is 12.3. The standard InChI is InChI=1S/C14H20N2O.ClH/c1-10-3-6-13(11(2)7-10)16-14(17)9-15-8-12-4-5-12;/h3,6-7,12,15H,4-5,8-9H2,1-2H3,(H,16,17);1H. The van der Waals surface area contributed by atoms with Crippen molar-refractivity contribution in [1.82, 2.24) is 5.32 Å². The van der Waals surface area contributed by atoms with Crippen molar-refractivity contribution in [2.45, 2.75) is 26.7 Å². The lowest BCUT2D eigenvalue weighted by Gasteiger charge is -2.09. The maximum absolute atomic E-state index is 11.7. The Morgan fingerprint density at radius 3 is 2.67 bits per heavy atom. The Bertz CT molecular complexity index is 416. The monoisotopic (exact) mass is 268 g/mol. The Hall–Kier alpha value is -1.06. The predicted octanol–water partition coefficient (Wildman–Crippen LogP) is 2.66. The van der Waals surface area contributed by atoms with E-state index in [9.17, 15) is 4.79 Å². The molecular weight excluding hydrogens is 248 g/mol. The van der Waals surface area contributed by atoms with Crippen LogP contribution in [0.15, 0.2) is 18.2 Å². The highest BCUT2D eigenvalue weighted by molar-refractivity contribution is 5.92. The average molecular weight is 269 g/mol. The molecule has 0 radical (unpaired) electrons. The van der Waals surface area contributed by atoms with Crippen molar-refractivity contribution in [3.05, 3.63) is 29.3 Å². The van der Waals surface area contributed by atoms with Crippen molar-refractivity contribution in [1.29, 1.82) is 0 Å². The second-order valence-electron chi connectivity index (χ2n) is 4.94. The third kappa shape index (κ3) is 4.67. The lowest BCUT2D eigenvalue weighted by atomic mass is 10.1. The van der Waals surface area contributed by atoms with Crippen LogP contribution < -0.4 is 10.6 Å². The van der Waals surface area contributed by atoms with Crippen LogP contribution in [-0.4, -0.2) is 19.0 Å². The summed E-state index contributed by atoms with van der Waals surface area (Å²) in [4.78, 5) is 11.7. The smallest absolute Gasteiger partial charge is 0.238 e. The van der Waals surface area contributed by atoms with Crippen LogP contribution in [-0.2, 0) is 4.79 Å². The van der Waals surface area contributed by atoms with E-state index in [4.69, 9.17) is 0 Å². The van der Waals surface area contributed by atoms with Gasteiger partial charge < -0.3 is 10.6 Å². The maximum Gasteiger partial charge on any atom is 0.238 e. The van der Waals surface area contributed by atoms with Gasteiger partial charge in [-0.05, 0) is 50.8 Å². The molecule has 1 aliphatic rings. The van der Waals surface area contributed by atoms with Crippen molar-refractivity contribution in [2.75, 3.05) is 18.4 Å². The van der Waals surface area contributed by atoms with Crippen LogP contribution in [0.2, 0.25) is 0 Å². The molecule has 0 unspecified atom stereocenters. The van der Waals surface area contributed by atoms with Gasteiger partial charge in [0, 0.05) is 5.69 Å². The van der Waals surface area contributed by atoms with Gasteiger partial charge in [-0.15, -0.1) is 12.4 Å². The van der Waals surface area contributed by atoms with Crippen molar-refractivity contribution in [3.63, 3.8) is 0 Å². The van der Waals surface area contributed by atoms with Crippen LogP contribution in [0.25, 0.3) is 0 Å². The van der Waals surface area contributed by atoms with Gasteiger partial charge in [-0.1, -0.05) is 17.7 Å². The van der Waals surface area contributed by atoms with Gasteiger partial charge in [-0.2, -0.15) is 0 Å². The molecule has 0 aliphatic heterocycles. The molecule has 0 spiro atoms. The van der Waals surface area contributed by atoms with Crippen LogP contribution in [0.1, 0.15) is 24.0 Å². The summed E-state index contributed by atoms with van der Waals surface area (Å²) in [6.07, 6.45) is 2.62. The Kier molecular flexibility index (Phi) is 5.63. The number of hydrogen-bond donors (Lipinski definition) is 2. The first-order chi connectivity index (χ1) is 8.15. The first-order valence-electron chi connectivity index (χ1n) is 6.23. The molecule has 18 heavy (non-hydrogen) atoms. The maximum atomic E-state index is 11.7. The number of aryl methyl sites for hydroxylation is 2. The van der Waals surface area contributed by atoms with Crippen molar-refractivity contribution in [3.8, 4) is 0 Å². The third-order valence-corrected chi connectivity index (χ3v) is 3.07. The van der Waals surface area contributed by atoms with Gasteiger partial charge in [0.05, 0.1) is 6.54 Å². The van der Waals surface area contributed by atoms with Gasteiger partial charge in [-0.3, -0.25) is 4.79 Å². The van der Waals surface area contributed by atoms with E-state index in [0.29, 0.717) is 6.54 Å². The first-order valence-corrected chi connectivity index (χ1v) is 6.23. The SMILES string of the molecule is Cc1ccc(NC(=O)CNCC2CC2)c(C)c1.Cl. The number of carbonyl (C=O) groups is 1. The van der Waals surface area contributed by atoms with Crippen molar-refractivity contribution >= 4 is 24.0 Å². The Balaban J connectivity index is 0.00000162. The highest BCUT2D eigenvalue weighted by atomic mass is 35.5. The van der Waals surface area contributed by atoms with Crippen molar-refractivity contribution in [2.24, 2.45) is 5.92 Å². The van der Waals surface area contributed by atoms with E-state index < -0.39 is 0 Å². The lowest BCUT2D eigenvalue weighted by molar-refractivity contribution is -0.115. The average Bonchev–Trinajstić information content (AvgIpc) is 3.06. The molecule has 1 saturated carbocycles.